The van der Waals surface area contributed by atoms with Crippen molar-refractivity contribution < 1.29 is 5.11 Å². The Balaban J connectivity index is 2.37. The van der Waals surface area contributed by atoms with Gasteiger partial charge < -0.3 is 16.2 Å². The summed E-state index contributed by atoms with van der Waals surface area (Å²) < 4.78 is 0. The van der Waals surface area contributed by atoms with E-state index >= 15 is 0 Å². The van der Waals surface area contributed by atoms with Crippen LogP contribution in [0.5, 0.6) is 0 Å². The summed E-state index contributed by atoms with van der Waals surface area (Å²) in [5.41, 5.74) is 8.63. The van der Waals surface area contributed by atoms with E-state index in [1.54, 1.807) is 11.3 Å². The number of hydrogen-bond acceptors (Lipinski definition) is 4. The predicted octanol–water partition coefficient (Wildman–Crippen LogP) is 2.40. The maximum absolute atomic E-state index is 8.82. The maximum Gasteiger partial charge on any atom is 0.0604 e. The SMILES string of the molecule is Nc1ccc(NCCO)c(-c2cccs2)c1. The van der Waals surface area contributed by atoms with E-state index < -0.39 is 0 Å². The molecule has 0 aliphatic heterocycles. The average molecular weight is 234 g/mol. The second-order valence-electron chi connectivity index (χ2n) is 3.43. The van der Waals surface area contributed by atoms with Crippen molar-refractivity contribution in [2.45, 2.75) is 0 Å². The van der Waals surface area contributed by atoms with Crippen molar-refractivity contribution in [3.63, 3.8) is 0 Å². The van der Waals surface area contributed by atoms with Gasteiger partial charge in [-0.25, -0.2) is 0 Å². The highest BCUT2D eigenvalue weighted by molar-refractivity contribution is 7.13. The molecule has 1 heterocycles. The van der Waals surface area contributed by atoms with Crippen LogP contribution in [-0.4, -0.2) is 18.3 Å². The monoisotopic (exact) mass is 234 g/mol. The number of aliphatic hydroxyl groups excluding tert-OH is 1. The van der Waals surface area contributed by atoms with E-state index in [1.165, 1.54) is 4.88 Å². The minimum absolute atomic E-state index is 0.119. The van der Waals surface area contributed by atoms with Crippen molar-refractivity contribution in [1.29, 1.82) is 0 Å². The van der Waals surface area contributed by atoms with Crippen LogP contribution in [0.25, 0.3) is 10.4 Å². The zero-order chi connectivity index (χ0) is 11.4. The van der Waals surface area contributed by atoms with Crippen LogP contribution in [-0.2, 0) is 0 Å². The Bertz CT molecular complexity index is 454. The van der Waals surface area contributed by atoms with Crippen LogP contribution in [0.4, 0.5) is 11.4 Å². The van der Waals surface area contributed by atoms with Gasteiger partial charge in [-0.15, -0.1) is 11.3 Å². The van der Waals surface area contributed by atoms with Gasteiger partial charge in [-0.2, -0.15) is 0 Å². The van der Waals surface area contributed by atoms with Crippen LogP contribution in [0.3, 0.4) is 0 Å². The number of benzene rings is 1. The van der Waals surface area contributed by atoms with Crippen LogP contribution in [0, 0.1) is 0 Å². The lowest BCUT2D eigenvalue weighted by atomic mass is 10.1. The quantitative estimate of drug-likeness (QED) is 0.712. The van der Waals surface area contributed by atoms with Gasteiger partial charge in [0.1, 0.15) is 0 Å². The van der Waals surface area contributed by atoms with Crippen LogP contribution >= 0.6 is 11.3 Å². The molecule has 16 heavy (non-hydrogen) atoms. The Morgan fingerprint density at radius 2 is 2.19 bits per heavy atom. The first kappa shape index (κ1) is 11.0. The number of nitrogens with one attached hydrogen (secondary N) is 1. The summed E-state index contributed by atoms with van der Waals surface area (Å²) in [7, 11) is 0. The molecule has 0 unspecified atom stereocenters. The molecule has 0 atom stereocenters. The summed E-state index contributed by atoms with van der Waals surface area (Å²) in [6, 6.07) is 9.82. The standard InChI is InChI=1S/C12H14N2OS/c13-9-3-4-11(14-5-6-15)10(8-9)12-2-1-7-16-12/h1-4,7-8,14-15H,5-6,13H2. The molecule has 0 radical (unpaired) electrons. The zero-order valence-corrected chi connectivity index (χ0v) is 9.63. The van der Waals surface area contributed by atoms with Gasteiger partial charge in [-0.05, 0) is 29.6 Å². The molecule has 2 rings (SSSR count). The van der Waals surface area contributed by atoms with E-state index in [4.69, 9.17) is 10.8 Å². The number of anilines is 2. The van der Waals surface area contributed by atoms with Gasteiger partial charge in [0.05, 0.1) is 6.61 Å². The molecule has 4 heteroatoms. The first-order chi connectivity index (χ1) is 7.81. The zero-order valence-electron chi connectivity index (χ0n) is 8.81. The molecule has 0 saturated carbocycles. The highest BCUT2D eigenvalue weighted by Gasteiger charge is 2.06. The highest BCUT2D eigenvalue weighted by atomic mass is 32.1. The predicted molar refractivity (Wildman–Crippen MR) is 69.7 cm³/mol. The minimum Gasteiger partial charge on any atom is -0.399 e. The van der Waals surface area contributed by atoms with Crippen LogP contribution in [0.1, 0.15) is 0 Å². The van der Waals surface area contributed by atoms with Crippen molar-refractivity contribution in [3.8, 4) is 10.4 Å². The molecule has 4 N–H and O–H groups in total. The Hall–Kier alpha value is -1.52. The molecule has 0 spiro atoms. The molecule has 84 valence electrons. The number of rotatable bonds is 4. The van der Waals surface area contributed by atoms with Crippen molar-refractivity contribution in [1.82, 2.24) is 0 Å². The normalized spacial score (nSPS) is 10.3. The number of aliphatic hydroxyl groups is 1. The average Bonchev–Trinajstić information content (AvgIpc) is 2.80. The van der Waals surface area contributed by atoms with Gasteiger partial charge >= 0.3 is 0 Å². The van der Waals surface area contributed by atoms with Gasteiger partial charge in [0.2, 0.25) is 0 Å². The number of nitrogen functional groups attached to an aromatic ring is 1. The summed E-state index contributed by atoms with van der Waals surface area (Å²) in [6.45, 7) is 0.663. The van der Waals surface area contributed by atoms with Crippen molar-refractivity contribution in [2.75, 3.05) is 24.2 Å². The van der Waals surface area contributed by atoms with Gasteiger partial charge in [0, 0.05) is 28.4 Å². The Morgan fingerprint density at radius 1 is 1.31 bits per heavy atom. The summed E-state index contributed by atoms with van der Waals surface area (Å²) in [5.74, 6) is 0. The fraction of sp³-hybridized carbons (Fsp3) is 0.167. The molecular formula is C12H14N2OS. The van der Waals surface area contributed by atoms with Gasteiger partial charge in [0.25, 0.3) is 0 Å². The van der Waals surface area contributed by atoms with Crippen molar-refractivity contribution in [2.24, 2.45) is 0 Å². The molecular weight excluding hydrogens is 220 g/mol. The van der Waals surface area contributed by atoms with Crippen molar-refractivity contribution >= 4 is 22.7 Å². The second-order valence-corrected chi connectivity index (χ2v) is 4.38. The van der Waals surface area contributed by atoms with Gasteiger partial charge in [-0.3, -0.25) is 0 Å². The van der Waals surface area contributed by atoms with Crippen LogP contribution < -0.4 is 11.1 Å². The molecule has 2 aromatic rings. The number of thiophene rings is 1. The van der Waals surface area contributed by atoms with Crippen LogP contribution in [0.2, 0.25) is 0 Å². The smallest absolute Gasteiger partial charge is 0.0604 e. The fourth-order valence-electron chi connectivity index (χ4n) is 1.54. The van der Waals surface area contributed by atoms with E-state index in [9.17, 15) is 0 Å². The molecule has 1 aromatic heterocycles. The minimum atomic E-state index is 0.119. The van der Waals surface area contributed by atoms with E-state index in [0.717, 1.165) is 16.9 Å². The lowest BCUT2D eigenvalue weighted by Crippen LogP contribution is -2.06. The maximum atomic E-state index is 8.82. The Labute approximate surface area is 98.5 Å². The number of nitrogens with two attached hydrogens (primary N) is 1. The number of hydrogen-bond donors (Lipinski definition) is 3. The molecule has 0 bridgehead atoms. The molecule has 1 aromatic carbocycles. The summed E-state index contributed by atoms with van der Waals surface area (Å²) in [4.78, 5) is 1.17. The first-order valence-corrected chi connectivity index (χ1v) is 5.97. The lowest BCUT2D eigenvalue weighted by Gasteiger charge is -2.10. The van der Waals surface area contributed by atoms with Gasteiger partial charge in [-0.1, -0.05) is 6.07 Å². The van der Waals surface area contributed by atoms with Crippen LogP contribution in [0.15, 0.2) is 35.7 Å². The molecule has 0 amide bonds. The third-order valence-electron chi connectivity index (χ3n) is 2.26. The first-order valence-electron chi connectivity index (χ1n) is 5.09. The van der Waals surface area contributed by atoms with Crippen molar-refractivity contribution in [3.05, 3.63) is 35.7 Å². The van der Waals surface area contributed by atoms with Gasteiger partial charge in [0.15, 0.2) is 0 Å². The molecule has 0 aliphatic rings. The third-order valence-corrected chi connectivity index (χ3v) is 3.16. The highest BCUT2D eigenvalue weighted by Crippen LogP contribution is 2.32. The second kappa shape index (κ2) is 5.01. The molecule has 0 aliphatic carbocycles. The molecule has 0 fully saturated rings. The topological polar surface area (TPSA) is 58.3 Å². The fourth-order valence-corrected chi connectivity index (χ4v) is 2.30. The lowest BCUT2D eigenvalue weighted by molar-refractivity contribution is 0.311. The van der Waals surface area contributed by atoms with E-state index in [2.05, 4.69) is 11.4 Å². The van der Waals surface area contributed by atoms with E-state index in [-0.39, 0.29) is 6.61 Å². The summed E-state index contributed by atoms with van der Waals surface area (Å²) in [6.07, 6.45) is 0. The van der Waals surface area contributed by atoms with E-state index in [0.29, 0.717) is 6.54 Å². The molecule has 3 nitrogen and oxygen atoms in total. The Morgan fingerprint density at radius 3 is 2.88 bits per heavy atom. The van der Waals surface area contributed by atoms with E-state index in [1.807, 2.05) is 29.6 Å². The Kier molecular flexibility index (Phi) is 3.44. The summed E-state index contributed by atoms with van der Waals surface area (Å²) >= 11 is 1.67. The third kappa shape index (κ3) is 2.35. The molecule has 0 saturated heterocycles. The largest absolute Gasteiger partial charge is 0.399 e. The summed E-state index contributed by atoms with van der Waals surface area (Å²) in [5, 5.41) is 14.0.